The van der Waals surface area contributed by atoms with E-state index in [1.54, 1.807) is 54.2 Å². The molecule has 0 fully saturated rings. The third-order valence-corrected chi connectivity index (χ3v) is 7.50. The number of para-hydroxylation sites is 1. The number of ether oxygens (including phenoxy) is 1. The average Bonchev–Trinajstić information content (AvgIpc) is 2.79. The molecule has 0 aliphatic heterocycles. The molecule has 3 rings (SSSR count). The maximum Gasteiger partial charge on any atom is 0.240 e. The number of carbonyl (C=O) groups is 1. The highest BCUT2D eigenvalue weighted by molar-refractivity contribution is 7.98. The number of nitrogens with zero attached hydrogens (tertiary/aromatic N) is 1. The molecule has 34 heavy (non-hydrogen) atoms. The number of anilines is 1. The van der Waals surface area contributed by atoms with Gasteiger partial charge in [0.25, 0.3) is 0 Å². The molecule has 3 aromatic rings. The van der Waals surface area contributed by atoms with E-state index in [1.807, 2.05) is 30.3 Å². The second kappa shape index (κ2) is 12.4. The lowest BCUT2D eigenvalue weighted by Gasteiger charge is -2.22. The molecule has 1 N–H and O–H groups in total. The fraction of sp³-hybridized carbons (Fsp3) is 0.208. The average molecular weight is 540 g/mol. The van der Waals surface area contributed by atoms with Gasteiger partial charge in [0.05, 0.1) is 11.9 Å². The third kappa shape index (κ3) is 7.84. The van der Waals surface area contributed by atoms with Crippen LogP contribution in [0.5, 0.6) is 11.5 Å². The summed E-state index contributed by atoms with van der Waals surface area (Å²) in [5.74, 6) is 2.07. The van der Waals surface area contributed by atoms with Crippen LogP contribution in [0.1, 0.15) is 5.56 Å². The van der Waals surface area contributed by atoms with Gasteiger partial charge in [-0.3, -0.25) is 9.10 Å². The zero-order valence-electron chi connectivity index (χ0n) is 18.4. The van der Waals surface area contributed by atoms with E-state index in [1.165, 1.54) is 0 Å². The molecule has 0 aliphatic carbocycles. The molecule has 6 nitrogen and oxygen atoms in total. The van der Waals surface area contributed by atoms with Gasteiger partial charge in [-0.1, -0.05) is 47.5 Å². The van der Waals surface area contributed by atoms with Crippen molar-refractivity contribution < 1.29 is 17.9 Å². The lowest BCUT2D eigenvalue weighted by Crippen LogP contribution is -2.41. The van der Waals surface area contributed by atoms with E-state index in [0.717, 1.165) is 16.1 Å². The quantitative estimate of drug-likeness (QED) is 0.321. The molecule has 1 amide bonds. The minimum Gasteiger partial charge on any atom is -0.457 e. The number of amides is 1. The molecule has 0 heterocycles. The molecule has 0 saturated carbocycles. The summed E-state index contributed by atoms with van der Waals surface area (Å²) in [4.78, 5) is 12.4. The fourth-order valence-corrected chi connectivity index (χ4v) is 5.45. The molecule has 0 atom stereocenters. The van der Waals surface area contributed by atoms with Crippen molar-refractivity contribution in [2.45, 2.75) is 5.75 Å². The topological polar surface area (TPSA) is 75.7 Å². The summed E-state index contributed by atoms with van der Waals surface area (Å²) >= 11 is 13.9. The van der Waals surface area contributed by atoms with E-state index in [-0.39, 0.29) is 6.54 Å². The first kappa shape index (κ1) is 26.2. The molecule has 0 aliphatic rings. The van der Waals surface area contributed by atoms with Crippen molar-refractivity contribution in [2.75, 3.05) is 29.4 Å². The summed E-state index contributed by atoms with van der Waals surface area (Å²) in [5.41, 5.74) is 1.23. The molecule has 0 saturated heterocycles. The van der Waals surface area contributed by atoms with Crippen molar-refractivity contribution in [3.05, 3.63) is 88.4 Å². The number of hydrogen-bond acceptors (Lipinski definition) is 5. The van der Waals surface area contributed by atoms with Gasteiger partial charge in [-0.2, -0.15) is 11.8 Å². The van der Waals surface area contributed by atoms with Gasteiger partial charge in [-0.15, -0.1) is 0 Å². The number of carbonyl (C=O) groups excluding carboxylic acids is 1. The van der Waals surface area contributed by atoms with Crippen LogP contribution < -0.4 is 14.4 Å². The van der Waals surface area contributed by atoms with E-state index in [4.69, 9.17) is 27.9 Å². The number of nitrogens with one attached hydrogen (secondary N) is 1. The van der Waals surface area contributed by atoms with E-state index < -0.39 is 15.9 Å². The second-order valence-corrected chi connectivity index (χ2v) is 11.1. The Hall–Kier alpha value is -2.39. The van der Waals surface area contributed by atoms with Crippen molar-refractivity contribution in [1.29, 1.82) is 0 Å². The normalized spacial score (nSPS) is 11.1. The van der Waals surface area contributed by atoms with Gasteiger partial charge < -0.3 is 10.1 Å². The van der Waals surface area contributed by atoms with Crippen LogP contribution in [0.2, 0.25) is 10.0 Å². The molecule has 0 bridgehead atoms. The zero-order valence-corrected chi connectivity index (χ0v) is 21.6. The number of rotatable bonds is 11. The van der Waals surface area contributed by atoms with E-state index >= 15 is 0 Å². The number of hydrogen-bond donors (Lipinski definition) is 1. The Bertz CT molecular complexity index is 1190. The number of sulfonamides is 1. The summed E-state index contributed by atoms with van der Waals surface area (Å²) in [6, 6.07) is 21.1. The van der Waals surface area contributed by atoms with E-state index in [2.05, 4.69) is 5.32 Å². The first-order valence-electron chi connectivity index (χ1n) is 10.3. The first-order chi connectivity index (χ1) is 16.2. The monoisotopic (exact) mass is 538 g/mol. The maximum absolute atomic E-state index is 12.4. The zero-order chi connectivity index (χ0) is 24.6. The molecular formula is C24H24Cl2N2O4S2. The van der Waals surface area contributed by atoms with E-state index in [0.29, 0.717) is 45.3 Å². The second-order valence-electron chi connectivity index (χ2n) is 7.28. The van der Waals surface area contributed by atoms with Gasteiger partial charge in [0, 0.05) is 28.1 Å². The summed E-state index contributed by atoms with van der Waals surface area (Å²) in [6.07, 6.45) is 1.07. The summed E-state index contributed by atoms with van der Waals surface area (Å²) < 4.78 is 31.4. The van der Waals surface area contributed by atoms with Crippen molar-refractivity contribution in [1.82, 2.24) is 5.32 Å². The summed E-state index contributed by atoms with van der Waals surface area (Å²) in [5, 5.41) is 3.97. The van der Waals surface area contributed by atoms with Crippen molar-refractivity contribution in [3.63, 3.8) is 0 Å². The summed E-state index contributed by atoms with van der Waals surface area (Å²) in [6.45, 7) is 0.0613. The third-order valence-electron chi connectivity index (χ3n) is 4.67. The Morgan fingerprint density at radius 3 is 2.18 bits per heavy atom. The van der Waals surface area contributed by atoms with Gasteiger partial charge in [0.15, 0.2) is 0 Å². The summed E-state index contributed by atoms with van der Waals surface area (Å²) in [7, 11) is -3.67. The Labute approximate surface area is 214 Å². The smallest absolute Gasteiger partial charge is 0.240 e. The van der Waals surface area contributed by atoms with Gasteiger partial charge in [-0.05, 0) is 54.1 Å². The molecule has 0 aromatic heterocycles. The van der Waals surface area contributed by atoms with Crippen molar-refractivity contribution >= 4 is 56.6 Å². The van der Waals surface area contributed by atoms with Crippen molar-refractivity contribution in [2.24, 2.45) is 0 Å². The lowest BCUT2D eigenvalue weighted by atomic mass is 10.2. The molecule has 10 heteroatoms. The largest absolute Gasteiger partial charge is 0.457 e. The van der Waals surface area contributed by atoms with Crippen LogP contribution in [0.3, 0.4) is 0 Å². The Morgan fingerprint density at radius 1 is 0.941 bits per heavy atom. The van der Waals surface area contributed by atoms with Gasteiger partial charge in [0.1, 0.15) is 18.0 Å². The van der Waals surface area contributed by atoms with Crippen LogP contribution in [0.15, 0.2) is 72.8 Å². The first-order valence-corrected chi connectivity index (χ1v) is 14.1. The molecule has 180 valence electrons. The van der Waals surface area contributed by atoms with Gasteiger partial charge in [0.2, 0.25) is 15.9 Å². The van der Waals surface area contributed by atoms with Crippen LogP contribution >= 0.6 is 35.0 Å². The minimum absolute atomic E-state index is 0.321. The molecular weight excluding hydrogens is 515 g/mol. The van der Waals surface area contributed by atoms with Gasteiger partial charge >= 0.3 is 0 Å². The predicted octanol–water partition coefficient (Wildman–Crippen LogP) is 5.60. The molecule has 0 unspecified atom stereocenters. The van der Waals surface area contributed by atoms with Crippen LogP contribution in [-0.4, -0.2) is 39.4 Å². The molecule has 0 spiro atoms. The number of halogens is 2. The Morgan fingerprint density at radius 2 is 1.56 bits per heavy atom. The Balaban J connectivity index is 1.52. The SMILES string of the molecule is CS(=O)(=O)N(CC(=O)NCCSCc1c(Cl)cccc1Cl)c1ccc(Oc2ccccc2)cc1. The van der Waals surface area contributed by atoms with Crippen LogP contribution in [0, 0.1) is 0 Å². The van der Waals surface area contributed by atoms with Crippen LogP contribution in [0.4, 0.5) is 5.69 Å². The molecule has 3 aromatic carbocycles. The Kier molecular flexibility index (Phi) is 9.53. The highest BCUT2D eigenvalue weighted by Gasteiger charge is 2.20. The molecule has 0 radical (unpaired) electrons. The van der Waals surface area contributed by atoms with Crippen LogP contribution in [0.25, 0.3) is 0 Å². The van der Waals surface area contributed by atoms with Crippen molar-refractivity contribution in [3.8, 4) is 11.5 Å². The van der Waals surface area contributed by atoms with E-state index in [9.17, 15) is 13.2 Å². The lowest BCUT2D eigenvalue weighted by molar-refractivity contribution is -0.119. The minimum atomic E-state index is -3.67. The standard InChI is InChI=1S/C24H24Cl2N2O4S2/c1-34(30,31)28(18-10-12-20(13-11-18)32-19-6-3-2-4-7-19)16-24(29)27-14-15-33-17-21-22(25)8-5-9-23(21)26/h2-13H,14-17H2,1H3,(H,27,29). The van der Waals surface area contributed by atoms with Crippen LogP contribution in [-0.2, 0) is 20.6 Å². The number of thioether (sulfide) groups is 1. The predicted molar refractivity (Wildman–Crippen MR) is 141 cm³/mol. The maximum atomic E-state index is 12.4. The number of benzene rings is 3. The fourth-order valence-electron chi connectivity index (χ4n) is 3.00. The van der Waals surface area contributed by atoms with Gasteiger partial charge in [-0.25, -0.2) is 8.42 Å². The highest BCUT2D eigenvalue weighted by atomic mass is 35.5. The highest BCUT2D eigenvalue weighted by Crippen LogP contribution is 2.28.